The monoisotopic (exact) mass is 485 g/mol. The Morgan fingerprint density at radius 3 is 2.54 bits per heavy atom. The topological polar surface area (TPSA) is 88.2 Å². The van der Waals surface area contributed by atoms with E-state index in [0.717, 1.165) is 6.07 Å². The summed E-state index contributed by atoms with van der Waals surface area (Å²) >= 11 is 0. The number of methoxy groups -OCH3 is 1. The Labute approximate surface area is 205 Å². The number of hydrogen-bond acceptors (Lipinski definition) is 5. The van der Waals surface area contributed by atoms with Crippen molar-refractivity contribution in [3.63, 3.8) is 0 Å². The molecular weight excluding hydrogens is 453 g/mol. The normalized spacial score (nSPS) is 21.3. The Morgan fingerprint density at radius 1 is 1.14 bits per heavy atom. The summed E-state index contributed by atoms with van der Waals surface area (Å²) in [6.07, 6.45) is -0.294. The van der Waals surface area contributed by atoms with Crippen molar-refractivity contribution in [1.29, 1.82) is 0 Å². The highest BCUT2D eigenvalue weighted by Gasteiger charge is 2.29. The summed E-state index contributed by atoms with van der Waals surface area (Å²) in [5.74, 6) is -1.08. The SMILES string of the molecule is CO[C@H]1CN(C)C(=O)c2cc(NC(=O)c3cccc(F)c3)ccc2OC[C@H](C)N(C(C)=O)C[C@H]1C. The van der Waals surface area contributed by atoms with Gasteiger partial charge in [-0.1, -0.05) is 13.0 Å². The Hall–Kier alpha value is -3.46. The first-order valence-corrected chi connectivity index (χ1v) is 11.5. The van der Waals surface area contributed by atoms with Crippen LogP contribution in [0, 0.1) is 11.7 Å². The highest BCUT2D eigenvalue weighted by Crippen LogP contribution is 2.27. The molecule has 0 aliphatic carbocycles. The van der Waals surface area contributed by atoms with Gasteiger partial charge in [0.1, 0.15) is 18.2 Å². The maximum absolute atomic E-state index is 13.5. The maximum atomic E-state index is 13.5. The van der Waals surface area contributed by atoms with Crippen LogP contribution in [-0.2, 0) is 9.53 Å². The summed E-state index contributed by atoms with van der Waals surface area (Å²) in [5, 5.41) is 2.71. The number of amides is 3. The minimum absolute atomic E-state index is 0.0302. The number of carbonyl (C=O) groups is 3. The summed E-state index contributed by atoms with van der Waals surface area (Å²) in [6.45, 7) is 6.35. The van der Waals surface area contributed by atoms with Crippen LogP contribution in [-0.4, -0.2) is 73.5 Å². The minimum Gasteiger partial charge on any atom is -0.491 e. The number of nitrogens with zero attached hydrogens (tertiary/aromatic N) is 2. The Bertz CT molecular complexity index is 1090. The van der Waals surface area contributed by atoms with Crippen molar-refractivity contribution in [2.24, 2.45) is 5.92 Å². The van der Waals surface area contributed by atoms with Gasteiger partial charge in [0.2, 0.25) is 5.91 Å². The first-order chi connectivity index (χ1) is 16.6. The molecule has 2 aromatic rings. The number of fused-ring (bicyclic) bond motifs is 1. The van der Waals surface area contributed by atoms with Crippen molar-refractivity contribution in [3.8, 4) is 5.75 Å². The fourth-order valence-corrected chi connectivity index (χ4v) is 4.13. The first kappa shape index (κ1) is 26.2. The molecule has 3 atom stereocenters. The molecule has 1 aliphatic rings. The van der Waals surface area contributed by atoms with Crippen LogP contribution >= 0.6 is 0 Å². The third kappa shape index (κ3) is 6.36. The summed E-state index contributed by atoms with van der Waals surface area (Å²) in [6, 6.07) is 9.87. The van der Waals surface area contributed by atoms with Crippen LogP contribution in [0.25, 0.3) is 0 Å². The van der Waals surface area contributed by atoms with Crippen molar-refractivity contribution in [3.05, 3.63) is 59.4 Å². The Kier molecular flexibility index (Phi) is 8.45. The molecule has 0 unspecified atom stereocenters. The average molecular weight is 486 g/mol. The second-order valence-electron chi connectivity index (χ2n) is 8.94. The van der Waals surface area contributed by atoms with Gasteiger partial charge < -0.3 is 24.6 Å². The lowest BCUT2D eigenvalue weighted by Gasteiger charge is -2.35. The van der Waals surface area contributed by atoms with Gasteiger partial charge >= 0.3 is 0 Å². The average Bonchev–Trinajstić information content (AvgIpc) is 2.83. The van der Waals surface area contributed by atoms with Gasteiger partial charge in [-0.25, -0.2) is 4.39 Å². The van der Waals surface area contributed by atoms with Gasteiger partial charge in [0.15, 0.2) is 0 Å². The standard InChI is InChI=1S/C26H32FN3O5/c1-16-13-30(18(3)31)17(2)15-35-23-10-9-21(28-25(32)19-7-6-8-20(27)11-19)12-22(23)26(33)29(4)14-24(16)34-5/h6-12,16-17,24H,13-15H2,1-5H3,(H,28,32)/t16-,17+,24+/m1/s1. The Balaban J connectivity index is 1.94. The molecule has 9 heteroatoms. The molecule has 0 bridgehead atoms. The highest BCUT2D eigenvalue weighted by atomic mass is 19.1. The molecule has 0 saturated heterocycles. The summed E-state index contributed by atoms with van der Waals surface area (Å²) in [4.78, 5) is 41.6. The molecule has 0 spiro atoms. The molecule has 2 aromatic carbocycles. The minimum atomic E-state index is -0.518. The molecule has 1 N–H and O–H groups in total. The number of halogens is 1. The van der Waals surface area contributed by atoms with Gasteiger partial charge in [-0.15, -0.1) is 0 Å². The zero-order valence-electron chi connectivity index (χ0n) is 20.7. The molecular formula is C26H32FN3O5. The number of likely N-dealkylation sites (N-methyl/N-ethyl adjacent to an activating group) is 1. The zero-order valence-corrected chi connectivity index (χ0v) is 20.7. The fraction of sp³-hybridized carbons (Fsp3) is 0.423. The van der Waals surface area contributed by atoms with Crippen molar-refractivity contribution < 1.29 is 28.2 Å². The van der Waals surface area contributed by atoms with Crippen LogP contribution < -0.4 is 10.1 Å². The van der Waals surface area contributed by atoms with Crippen molar-refractivity contribution in [2.75, 3.05) is 39.2 Å². The number of anilines is 1. The maximum Gasteiger partial charge on any atom is 0.257 e. The van der Waals surface area contributed by atoms with E-state index >= 15 is 0 Å². The molecule has 3 rings (SSSR count). The van der Waals surface area contributed by atoms with Gasteiger partial charge in [-0.3, -0.25) is 14.4 Å². The predicted molar refractivity (Wildman–Crippen MR) is 130 cm³/mol. The highest BCUT2D eigenvalue weighted by molar-refractivity contribution is 6.05. The smallest absolute Gasteiger partial charge is 0.257 e. The molecule has 3 amide bonds. The molecule has 8 nitrogen and oxygen atoms in total. The number of ether oxygens (including phenoxy) is 2. The number of rotatable bonds is 3. The number of hydrogen-bond donors (Lipinski definition) is 1. The lowest BCUT2D eigenvalue weighted by Crippen LogP contribution is -2.48. The molecule has 35 heavy (non-hydrogen) atoms. The van der Waals surface area contributed by atoms with Crippen molar-refractivity contribution in [2.45, 2.75) is 32.9 Å². The molecule has 0 radical (unpaired) electrons. The van der Waals surface area contributed by atoms with Crippen LogP contribution in [0.1, 0.15) is 41.5 Å². The van der Waals surface area contributed by atoms with Crippen LogP contribution in [0.4, 0.5) is 10.1 Å². The third-order valence-corrected chi connectivity index (χ3v) is 6.19. The molecule has 0 fully saturated rings. The lowest BCUT2D eigenvalue weighted by molar-refractivity contribution is -0.133. The van der Waals surface area contributed by atoms with Crippen LogP contribution in [0.2, 0.25) is 0 Å². The van der Waals surface area contributed by atoms with E-state index in [0.29, 0.717) is 24.5 Å². The quantitative estimate of drug-likeness (QED) is 0.720. The van der Waals surface area contributed by atoms with Crippen LogP contribution in [0.3, 0.4) is 0 Å². The van der Waals surface area contributed by atoms with Crippen LogP contribution in [0.15, 0.2) is 42.5 Å². The molecule has 1 aliphatic heterocycles. The van der Waals surface area contributed by atoms with E-state index in [4.69, 9.17) is 9.47 Å². The van der Waals surface area contributed by atoms with Crippen molar-refractivity contribution in [1.82, 2.24) is 9.80 Å². The second-order valence-corrected chi connectivity index (χ2v) is 8.94. The van der Waals surface area contributed by atoms with E-state index in [-0.39, 0.29) is 47.6 Å². The molecule has 0 aromatic heterocycles. The predicted octanol–water partition coefficient (Wildman–Crippen LogP) is 3.43. The van der Waals surface area contributed by atoms with Gasteiger partial charge in [0.05, 0.1) is 17.7 Å². The van der Waals surface area contributed by atoms with Gasteiger partial charge in [0, 0.05) is 51.3 Å². The van der Waals surface area contributed by atoms with Crippen LogP contribution in [0.5, 0.6) is 5.75 Å². The zero-order chi connectivity index (χ0) is 25.7. The van der Waals surface area contributed by atoms with Gasteiger partial charge in [-0.05, 0) is 43.3 Å². The molecule has 1 heterocycles. The number of benzene rings is 2. The molecule has 188 valence electrons. The van der Waals surface area contributed by atoms with Crippen molar-refractivity contribution >= 4 is 23.4 Å². The largest absolute Gasteiger partial charge is 0.491 e. The van der Waals surface area contributed by atoms with E-state index in [1.54, 1.807) is 31.2 Å². The summed E-state index contributed by atoms with van der Waals surface area (Å²) in [5.41, 5.74) is 0.784. The summed E-state index contributed by atoms with van der Waals surface area (Å²) < 4.78 is 25.2. The fourth-order valence-electron chi connectivity index (χ4n) is 4.13. The van der Waals surface area contributed by atoms with E-state index in [1.165, 1.54) is 36.1 Å². The van der Waals surface area contributed by atoms with E-state index in [1.807, 2.05) is 13.8 Å². The third-order valence-electron chi connectivity index (χ3n) is 6.19. The van der Waals surface area contributed by atoms with Gasteiger partial charge in [-0.2, -0.15) is 0 Å². The second kappa shape index (κ2) is 11.3. The van der Waals surface area contributed by atoms with E-state index < -0.39 is 11.7 Å². The Morgan fingerprint density at radius 2 is 1.89 bits per heavy atom. The van der Waals surface area contributed by atoms with E-state index in [9.17, 15) is 18.8 Å². The van der Waals surface area contributed by atoms with Gasteiger partial charge in [0.25, 0.3) is 11.8 Å². The first-order valence-electron chi connectivity index (χ1n) is 11.5. The number of carbonyl (C=O) groups excluding carboxylic acids is 3. The van der Waals surface area contributed by atoms with E-state index in [2.05, 4.69) is 5.32 Å². The number of nitrogens with one attached hydrogen (secondary N) is 1. The summed E-state index contributed by atoms with van der Waals surface area (Å²) in [7, 11) is 3.25. The molecule has 0 saturated carbocycles. The lowest BCUT2D eigenvalue weighted by atomic mass is 10.0.